The fourth-order valence-electron chi connectivity index (χ4n) is 3.21. The second kappa shape index (κ2) is 4.52. The summed E-state index contributed by atoms with van der Waals surface area (Å²) in [6, 6.07) is 0.730. The molecule has 1 saturated heterocycles. The molecule has 0 aromatic carbocycles. The van der Waals surface area contributed by atoms with Gasteiger partial charge in [0.05, 0.1) is 6.61 Å². The first kappa shape index (κ1) is 10.9. The summed E-state index contributed by atoms with van der Waals surface area (Å²) in [5.41, 5.74) is 0. The Bertz CT molecular complexity index is 242. The molecule has 0 radical (unpaired) electrons. The van der Waals surface area contributed by atoms with Crippen molar-refractivity contribution in [2.75, 3.05) is 13.2 Å². The van der Waals surface area contributed by atoms with Crippen molar-refractivity contribution in [1.29, 1.82) is 0 Å². The van der Waals surface area contributed by atoms with Gasteiger partial charge >= 0.3 is 5.97 Å². The minimum Gasteiger partial charge on any atom is -0.465 e. The molecule has 3 heteroatoms. The number of ether oxygens (including phenoxy) is 1. The van der Waals surface area contributed by atoms with E-state index in [-0.39, 0.29) is 12.0 Å². The van der Waals surface area contributed by atoms with Gasteiger partial charge in [-0.1, -0.05) is 6.92 Å². The fraction of sp³-hybridized carbons (Fsp3) is 0.917. The van der Waals surface area contributed by atoms with Crippen LogP contribution in [0.1, 0.15) is 39.5 Å². The zero-order valence-electron chi connectivity index (χ0n) is 9.74. The summed E-state index contributed by atoms with van der Waals surface area (Å²) in [7, 11) is 0. The monoisotopic (exact) mass is 211 g/mol. The molecule has 0 aromatic rings. The van der Waals surface area contributed by atoms with Gasteiger partial charge in [0.2, 0.25) is 0 Å². The molecule has 0 unspecified atom stereocenters. The summed E-state index contributed by atoms with van der Waals surface area (Å²) in [4.78, 5) is 14.2. The first-order valence-corrected chi connectivity index (χ1v) is 6.20. The quantitative estimate of drug-likeness (QED) is 0.664. The lowest BCUT2D eigenvalue weighted by Crippen LogP contribution is -2.46. The van der Waals surface area contributed by atoms with Crippen molar-refractivity contribution in [2.45, 2.75) is 51.6 Å². The number of nitrogens with zero attached hydrogens (tertiary/aromatic N) is 1. The number of carbonyl (C=O) groups is 1. The maximum Gasteiger partial charge on any atom is 0.323 e. The van der Waals surface area contributed by atoms with Crippen LogP contribution in [0.25, 0.3) is 0 Å². The largest absolute Gasteiger partial charge is 0.465 e. The number of hydrogen-bond donors (Lipinski definition) is 0. The molecule has 1 aliphatic heterocycles. The van der Waals surface area contributed by atoms with Crippen molar-refractivity contribution in [3.63, 3.8) is 0 Å². The summed E-state index contributed by atoms with van der Waals surface area (Å²) in [5, 5.41) is 0. The average molecular weight is 211 g/mol. The molecule has 3 nitrogen and oxygen atoms in total. The van der Waals surface area contributed by atoms with Gasteiger partial charge < -0.3 is 4.74 Å². The lowest BCUT2D eigenvalue weighted by molar-refractivity contribution is -0.151. The highest BCUT2D eigenvalue weighted by Crippen LogP contribution is 2.42. The molecule has 0 aromatic heterocycles. The lowest BCUT2D eigenvalue weighted by atomic mass is 9.98. The number of likely N-dealkylation sites (tertiary alicyclic amines) is 1. The minimum atomic E-state index is 0.0122. The number of piperidine rings is 1. The van der Waals surface area contributed by atoms with Gasteiger partial charge in [-0.2, -0.15) is 0 Å². The molecule has 2 bridgehead atoms. The predicted molar refractivity (Wildman–Crippen MR) is 58.5 cm³/mol. The standard InChI is InChI=1S/C12H21NO2/c1-3-7-13-10-6-5-9(8-10)11(13)12(14)15-4-2/h9-11H,3-8H2,1-2H3/t9-,10+,11-/m0/s1. The van der Waals surface area contributed by atoms with Gasteiger partial charge in [0.15, 0.2) is 0 Å². The first-order chi connectivity index (χ1) is 7.27. The van der Waals surface area contributed by atoms with Crippen LogP contribution in [0.4, 0.5) is 0 Å². The molecule has 3 atom stereocenters. The normalized spacial score (nSPS) is 34.7. The summed E-state index contributed by atoms with van der Waals surface area (Å²) in [5.74, 6) is 0.582. The van der Waals surface area contributed by atoms with Crippen molar-refractivity contribution < 1.29 is 9.53 Å². The Morgan fingerprint density at radius 3 is 2.87 bits per heavy atom. The molecular weight excluding hydrogens is 190 g/mol. The molecule has 2 rings (SSSR count). The van der Waals surface area contributed by atoms with Crippen LogP contribution < -0.4 is 0 Å². The molecule has 1 saturated carbocycles. The van der Waals surface area contributed by atoms with Gasteiger partial charge in [-0.05, 0) is 45.1 Å². The Morgan fingerprint density at radius 1 is 1.40 bits per heavy atom. The lowest BCUT2D eigenvalue weighted by Gasteiger charge is -2.33. The van der Waals surface area contributed by atoms with E-state index in [0.717, 1.165) is 13.0 Å². The van der Waals surface area contributed by atoms with Crippen molar-refractivity contribution >= 4 is 5.97 Å². The molecule has 2 fully saturated rings. The molecule has 0 spiro atoms. The Morgan fingerprint density at radius 2 is 2.20 bits per heavy atom. The van der Waals surface area contributed by atoms with Crippen LogP contribution in [0.5, 0.6) is 0 Å². The van der Waals surface area contributed by atoms with Crippen molar-refractivity contribution in [3.8, 4) is 0 Å². The highest BCUT2D eigenvalue weighted by atomic mass is 16.5. The van der Waals surface area contributed by atoms with Crippen LogP contribution in [-0.4, -0.2) is 36.1 Å². The van der Waals surface area contributed by atoms with E-state index in [9.17, 15) is 4.79 Å². The highest BCUT2D eigenvalue weighted by Gasteiger charge is 2.49. The van der Waals surface area contributed by atoms with Gasteiger partial charge in [0, 0.05) is 6.04 Å². The van der Waals surface area contributed by atoms with E-state index in [1.807, 2.05) is 6.92 Å². The van der Waals surface area contributed by atoms with E-state index >= 15 is 0 Å². The zero-order chi connectivity index (χ0) is 10.8. The van der Waals surface area contributed by atoms with Crippen LogP contribution in [0.15, 0.2) is 0 Å². The second-order valence-electron chi connectivity index (χ2n) is 4.66. The van der Waals surface area contributed by atoms with Crippen LogP contribution in [-0.2, 0) is 9.53 Å². The number of hydrogen-bond acceptors (Lipinski definition) is 3. The van der Waals surface area contributed by atoms with E-state index < -0.39 is 0 Å². The van der Waals surface area contributed by atoms with Gasteiger partial charge in [-0.15, -0.1) is 0 Å². The first-order valence-electron chi connectivity index (χ1n) is 6.20. The second-order valence-corrected chi connectivity index (χ2v) is 4.66. The molecule has 0 N–H and O–H groups in total. The Kier molecular flexibility index (Phi) is 3.29. The smallest absolute Gasteiger partial charge is 0.323 e. The maximum atomic E-state index is 11.9. The maximum absolute atomic E-state index is 11.9. The van der Waals surface area contributed by atoms with E-state index in [0.29, 0.717) is 18.6 Å². The fourth-order valence-corrected chi connectivity index (χ4v) is 3.21. The predicted octanol–water partition coefficient (Wildman–Crippen LogP) is 1.81. The van der Waals surface area contributed by atoms with Crippen LogP contribution in [0.3, 0.4) is 0 Å². The molecule has 0 amide bonds. The molecular formula is C12H21NO2. The van der Waals surface area contributed by atoms with Crippen molar-refractivity contribution in [3.05, 3.63) is 0 Å². The van der Waals surface area contributed by atoms with E-state index in [1.54, 1.807) is 0 Å². The molecule has 15 heavy (non-hydrogen) atoms. The topological polar surface area (TPSA) is 29.5 Å². The van der Waals surface area contributed by atoms with Gasteiger partial charge in [0.1, 0.15) is 6.04 Å². The molecule has 86 valence electrons. The summed E-state index contributed by atoms with van der Waals surface area (Å²) < 4.78 is 5.17. The van der Waals surface area contributed by atoms with Crippen LogP contribution in [0.2, 0.25) is 0 Å². The summed E-state index contributed by atoms with van der Waals surface area (Å²) in [6.07, 6.45) is 4.83. The number of esters is 1. The SMILES string of the molecule is CCCN1[C@@H]2CC[C@@H](C2)[C@H]1C(=O)OCC. The number of fused-ring (bicyclic) bond motifs is 2. The number of rotatable bonds is 4. The highest BCUT2D eigenvalue weighted by molar-refractivity contribution is 5.77. The van der Waals surface area contributed by atoms with Gasteiger partial charge in [-0.25, -0.2) is 0 Å². The number of carbonyl (C=O) groups excluding carboxylic acids is 1. The minimum absolute atomic E-state index is 0.0122. The summed E-state index contributed by atoms with van der Waals surface area (Å²) in [6.45, 7) is 5.61. The van der Waals surface area contributed by atoms with Gasteiger partial charge in [0.25, 0.3) is 0 Å². The third-order valence-electron chi connectivity index (χ3n) is 3.73. The average Bonchev–Trinajstić information content (AvgIpc) is 2.78. The summed E-state index contributed by atoms with van der Waals surface area (Å²) >= 11 is 0. The van der Waals surface area contributed by atoms with E-state index in [4.69, 9.17) is 4.74 Å². The molecule has 1 aliphatic carbocycles. The van der Waals surface area contributed by atoms with E-state index in [1.165, 1.54) is 19.3 Å². The Labute approximate surface area is 91.8 Å². The Hall–Kier alpha value is -0.570. The third-order valence-corrected chi connectivity index (χ3v) is 3.73. The van der Waals surface area contributed by atoms with Gasteiger partial charge in [-0.3, -0.25) is 9.69 Å². The van der Waals surface area contributed by atoms with Crippen LogP contribution in [0, 0.1) is 5.92 Å². The Balaban J connectivity index is 2.04. The van der Waals surface area contributed by atoms with Crippen LogP contribution >= 0.6 is 0 Å². The third kappa shape index (κ3) is 1.89. The van der Waals surface area contributed by atoms with Crippen molar-refractivity contribution in [2.24, 2.45) is 5.92 Å². The van der Waals surface area contributed by atoms with Crippen molar-refractivity contribution in [1.82, 2.24) is 4.90 Å². The molecule has 2 aliphatic rings. The zero-order valence-corrected chi connectivity index (χ0v) is 9.74. The van der Waals surface area contributed by atoms with E-state index in [2.05, 4.69) is 11.8 Å². The molecule has 1 heterocycles.